The number of aromatic nitrogens is 2. The third-order valence-electron chi connectivity index (χ3n) is 3.89. The van der Waals surface area contributed by atoms with Gasteiger partial charge in [-0.1, -0.05) is 30.3 Å². The van der Waals surface area contributed by atoms with Crippen LogP contribution >= 0.6 is 0 Å². The summed E-state index contributed by atoms with van der Waals surface area (Å²) in [6.45, 7) is 3.53. The summed E-state index contributed by atoms with van der Waals surface area (Å²) >= 11 is 0. The van der Waals surface area contributed by atoms with Crippen molar-refractivity contribution in [3.8, 4) is 0 Å². The molecule has 1 heterocycles. The van der Waals surface area contributed by atoms with E-state index in [4.69, 9.17) is 0 Å². The van der Waals surface area contributed by atoms with E-state index in [-0.39, 0.29) is 5.91 Å². The highest BCUT2D eigenvalue weighted by molar-refractivity contribution is 5.78. The van der Waals surface area contributed by atoms with E-state index in [0.29, 0.717) is 18.9 Å². The maximum absolute atomic E-state index is 11.9. The number of nitrogens with zero attached hydrogens (tertiary/aromatic N) is 2. The van der Waals surface area contributed by atoms with E-state index < -0.39 is 0 Å². The van der Waals surface area contributed by atoms with Gasteiger partial charge in [-0.15, -0.1) is 0 Å². The van der Waals surface area contributed by atoms with Crippen molar-refractivity contribution >= 4 is 5.91 Å². The largest absolute Gasteiger partial charge is 0.354 e. The molecule has 0 unspecified atom stereocenters. The van der Waals surface area contributed by atoms with Crippen molar-refractivity contribution in [1.29, 1.82) is 0 Å². The summed E-state index contributed by atoms with van der Waals surface area (Å²) in [5, 5.41) is 3.00. The molecule has 4 nitrogen and oxygen atoms in total. The van der Waals surface area contributed by atoms with Gasteiger partial charge in [0.25, 0.3) is 0 Å². The number of benzene rings is 1. The zero-order valence-corrected chi connectivity index (χ0v) is 12.4. The molecule has 0 atom stereocenters. The van der Waals surface area contributed by atoms with Crippen LogP contribution < -0.4 is 5.32 Å². The number of hydrogen-bond donors (Lipinski definition) is 1. The van der Waals surface area contributed by atoms with E-state index in [1.54, 1.807) is 0 Å². The summed E-state index contributed by atoms with van der Waals surface area (Å²) in [6, 6.07) is 9.83. The molecule has 4 heteroatoms. The van der Waals surface area contributed by atoms with Crippen LogP contribution in [0.3, 0.4) is 0 Å². The lowest BCUT2D eigenvalue weighted by molar-refractivity contribution is -0.120. The molecule has 0 saturated heterocycles. The standard InChI is InChI=1S/C17H21N3O/c1-13-12-19-17(15-7-8-15)20(13)10-9-18-16(21)11-14-5-3-2-4-6-14/h2-6,12,15H,7-11H2,1H3,(H,18,21). The second kappa shape index (κ2) is 6.12. The molecule has 0 radical (unpaired) electrons. The quantitative estimate of drug-likeness (QED) is 0.885. The monoisotopic (exact) mass is 283 g/mol. The molecule has 1 fully saturated rings. The van der Waals surface area contributed by atoms with Crippen molar-refractivity contribution in [1.82, 2.24) is 14.9 Å². The van der Waals surface area contributed by atoms with Gasteiger partial charge < -0.3 is 9.88 Å². The van der Waals surface area contributed by atoms with Crippen LogP contribution in [-0.2, 0) is 17.8 Å². The summed E-state index contributed by atoms with van der Waals surface area (Å²) in [5.41, 5.74) is 2.22. The molecule has 1 aliphatic rings. The number of aryl methyl sites for hydroxylation is 1. The number of carbonyl (C=O) groups is 1. The van der Waals surface area contributed by atoms with E-state index in [1.807, 2.05) is 36.5 Å². The third-order valence-corrected chi connectivity index (χ3v) is 3.89. The van der Waals surface area contributed by atoms with Gasteiger partial charge in [0.2, 0.25) is 5.91 Å². The number of carbonyl (C=O) groups excluding carboxylic acids is 1. The average Bonchev–Trinajstić information content (AvgIpc) is 3.26. The molecular formula is C17H21N3O. The number of rotatable bonds is 6. The first-order valence-electron chi connectivity index (χ1n) is 7.56. The van der Waals surface area contributed by atoms with Crippen molar-refractivity contribution in [3.63, 3.8) is 0 Å². The summed E-state index contributed by atoms with van der Waals surface area (Å²) < 4.78 is 2.24. The Kier molecular flexibility index (Phi) is 4.04. The molecule has 3 rings (SSSR count). The van der Waals surface area contributed by atoms with Crippen molar-refractivity contribution in [2.75, 3.05) is 6.54 Å². The molecule has 1 saturated carbocycles. The molecule has 0 spiro atoms. The second-order valence-electron chi connectivity index (χ2n) is 5.70. The SMILES string of the molecule is Cc1cnc(C2CC2)n1CCNC(=O)Cc1ccccc1. The Bertz CT molecular complexity index is 614. The van der Waals surface area contributed by atoms with Crippen molar-refractivity contribution < 1.29 is 4.79 Å². The Morgan fingerprint density at radius 2 is 2.10 bits per heavy atom. The molecule has 2 aromatic rings. The Labute approximate surface area is 125 Å². The maximum Gasteiger partial charge on any atom is 0.224 e. The van der Waals surface area contributed by atoms with Gasteiger partial charge in [-0.05, 0) is 25.3 Å². The minimum atomic E-state index is 0.0759. The van der Waals surface area contributed by atoms with Gasteiger partial charge >= 0.3 is 0 Å². The average molecular weight is 283 g/mol. The minimum Gasteiger partial charge on any atom is -0.354 e. The highest BCUT2D eigenvalue weighted by atomic mass is 16.1. The zero-order valence-electron chi connectivity index (χ0n) is 12.4. The topological polar surface area (TPSA) is 46.9 Å². The highest BCUT2D eigenvalue weighted by Crippen LogP contribution is 2.39. The summed E-state index contributed by atoms with van der Waals surface area (Å²) in [5.74, 6) is 1.90. The first kappa shape index (κ1) is 13.9. The molecule has 110 valence electrons. The van der Waals surface area contributed by atoms with Crippen LogP contribution in [0.2, 0.25) is 0 Å². The van der Waals surface area contributed by atoms with Gasteiger partial charge in [0.05, 0.1) is 6.42 Å². The zero-order chi connectivity index (χ0) is 14.7. The van der Waals surface area contributed by atoms with Crippen molar-refractivity contribution in [2.24, 2.45) is 0 Å². The van der Waals surface area contributed by atoms with Crippen molar-refractivity contribution in [2.45, 2.75) is 38.6 Å². The normalized spacial score (nSPS) is 14.1. The van der Waals surface area contributed by atoms with E-state index in [1.165, 1.54) is 24.4 Å². The van der Waals surface area contributed by atoms with E-state index >= 15 is 0 Å². The summed E-state index contributed by atoms with van der Waals surface area (Å²) in [7, 11) is 0. The third kappa shape index (κ3) is 3.51. The smallest absolute Gasteiger partial charge is 0.224 e. The Morgan fingerprint density at radius 3 is 2.81 bits per heavy atom. The fourth-order valence-corrected chi connectivity index (χ4v) is 2.59. The fourth-order valence-electron chi connectivity index (χ4n) is 2.59. The molecule has 0 bridgehead atoms. The number of hydrogen-bond acceptors (Lipinski definition) is 2. The lowest BCUT2D eigenvalue weighted by Gasteiger charge is -2.11. The lowest BCUT2D eigenvalue weighted by atomic mass is 10.1. The predicted octanol–water partition coefficient (Wildman–Crippen LogP) is 2.43. The van der Waals surface area contributed by atoms with E-state index in [0.717, 1.165) is 12.1 Å². The summed E-state index contributed by atoms with van der Waals surface area (Å²) in [4.78, 5) is 16.4. The molecule has 1 aliphatic carbocycles. The predicted molar refractivity (Wildman–Crippen MR) is 82.1 cm³/mol. The molecular weight excluding hydrogens is 262 g/mol. The van der Waals surface area contributed by atoms with E-state index in [2.05, 4.69) is 21.8 Å². The molecule has 1 amide bonds. The number of imidazole rings is 1. The molecule has 1 aromatic heterocycles. The molecule has 0 aliphatic heterocycles. The first-order chi connectivity index (χ1) is 10.2. The Balaban J connectivity index is 1.50. The molecule has 1 N–H and O–H groups in total. The van der Waals surface area contributed by atoms with Crippen LogP contribution in [0.5, 0.6) is 0 Å². The summed E-state index contributed by atoms with van der Waals surface area (Å²) in [6.07, 6.45) is 4.87. The van der Waals surface area contributed by atoms with Crippen molar-refractivity contribution in [3.05, 3.63) is 53.6 Å². The van der Waals surface area contributed by atoms with Crippen LogP contribution in [-0.4, -0.2) is 22.0 Å². The lowest BCUT2D eigenvalue weighted by Crippen LogP contribution is -2.29. The van der Waals surface area contributed by atoms with Gasteiger partial charge in [0.15, 0.2) is 0 Å². The number of amides is 1. The van der Waals surface area contributed by atoms with Crippen LogP contribution in [0, 0.1) is 6.92 Å². The number of nitrogens with one attached hydrogen (secondary N) is 1. The fraction of sp³-hybridized carbons (Fsp3) is 0.412. The van der Waals surface area contributed by atoms with Gasteiger partial charge in [0.1, 0.15) is 5.82 Å². The van der Waals surface area contributed by atoms with Crippen LogP contribution in [0.15, 0.2) is 36.5 Å². The second-order valence-corrected chi connectivity index (χ2v) is 5.70. The highest BCUT2D eigenvalue weighted by Gasteiger charge is 2.28. The molecule has 1 aromatic carbocycles. The Morgan fingerprint density at radius 1 is 1.33 bits per heavy atom. The van der Waals surface area contributed by atoms with Gasteiger partial charge in [-0.25, -0.2) is 4.98 Å². The van der Waals surface area contributed by atoms with Gasteiger partial charge in [0, 0.05) is 30.9 Å². The maximum atomic E-state index is 11.9. The van der Waals surface area contributed by atoms with E-state index in [9.17, 15) is 4.79 Å². The van der Waals surface area contributed by atoms with Gasteiger partial charge in [-0.2, -0.15) is 0 Å². The van der Waals surface area contributed by atoms with Crippen LogP contribution in [0.25, 0.3) is 0 Å². The van der Waals surface area contributed by atoms with Crippen LogP contribution in [0.1, 0.15) is 35.8 Å². The van der Waals surface area contributed by atoms with Crippen LogP contribution in [0.4, 0.5) is 0 Å². The first-order valence-corrected chi connectivity index (χ1v) is 7.56. The minimum absolute atomic E-state index is 0.0759. The Hall–Kier alpha value is -2.10. The molecule has 21 heavy (non-hydrogen) atoms. The van der Waals surface area contributed by atoms with Gasteiger partial charge in [-0.3, -0.25) is 4.79 Å².